The van der Waals surface area contributed by atoms with E-state index in [9.17, 15) is 27.9 Å². The maximum atomic E-state index is 12.5. The third kappa shape index (κ3) is 3.29. The van der Waals surface area contributed by atoms with Gasteiger partial charge in [-0.1, -0.05) is 6.08 Å². The van der Waals surface area contributed by atoms with Crippen LogP contribution in [0.2, 0.25) is 0 Å². The van der Waals surface area contributed by atoms with E-state index in [1.807, 2.05) is 0 Å². The zero-order valence-electron chi connectivity index (χ0n) is 11.0. The fourth-order valence-electron chi connectivity index (χ4n) is 2.54. The van der Waals surface area contributed by atoms with Crippen LogP contribution in [0.4, 0.5) is 18.0 Å². The van der Waals surface area contributed by atoms with Crippen LogP contribution in [0.1, 0.15) is 12.8 Å². The van der Waals surface area contributed by atoms with Crippen molar-refractivity contribution in [1.82, 2.24) is 9.80 Å². The number of alkyl halides is 3. The lowest BCUT2D eigenvalue weighted by Crippen LogP contribution is -2.49. The van der Waals surface area contributed by atoms with Gasteiger partial charge in [0, 0.05) is 31.6 Å². The second-order valence-corrected chi connectivity index (χ2v) is 5.10. The van der Waals surface area contributed by atoms with E-state index in [1.165, 1.54) is 0 Å². The van der Waals surface area contributed by atoms with Gasteiger partial charge in [0.1, 0.15) is 6.04 Å². The molecule has 0 aliphatic carbocycles. The molecule has 2 aliphatic rings. The van der Waals surface area contributed by atoms with Crippen molar-refractivity contribution in [3.8, 4) is 0 Å². The minimum Gasteiger partial charge on any atom is -0.480 e. The lowest BCUT2D eigenvalue weighted by atomic mass is 10.1. The van der Waals surface area contributed by atoms with E-state index in [2.05, 4.69) is 0 Å². The number of carboxylic acids is 1. The topological polar surface area (TPSA) is 81.1 Å². The van der Waals surface area contributed by atoms with Gasteiger partial charge in [-0.15, -0.1) is 0 Å². The number of carbonyl (C=O) groups excluding carboxylic acids is 1. The second-order valence-electron chi connectivity index (χ2n) is 5.10. The van der Waals surface area contributed by atoms with E-state index in [-0.39, 0.29) is 32.5 Å². The van der Waals surface area contributed by atoms with Crippen molar-refractivity contribution in [3.05, 3.63) is 11.6 Å². The largest absolute Gasteiger partial charge is 0.480 e. The molecule has 2 aliphatic heterocycles. The molecule has 21 heavy (non-hydrogen) atoms. The first-order valence-corrected chi connectivity index (χ1v) is 6.42. The summed E-state index contributed by atoms with van der Waals surface area (Å²) >= 11 is 0. The number of hydrogen-bond acceptors (Lipinski definition) is 3. The van der Waals surface area contributed by atoms with Gasteiger partial charge >= 0.3 is 18.2 Å². The molecule has 9 heteroatoms. The van der Waals surface area contributed by atoms with Crippen molar-refractivity contribution in [1.29, 1.82) is 0 Å². The van der Waals surface area contributed by atoms with Gasteiger partial charge < -0.3 is 20.0 Å². The zero-order valence-corrected chi connectivity index (χ0v) is 11.0. The van der Waals surface area contributed by atoms with Crippen molar-refractivity contribution in [3.63, 3.8) is 0 Å². The predicted molar refractivity (Wildman–Crippen MR) is 64.5 cm³/mol. The van der Waals surface area contributed by atoms with Crippen LogP contribution in [0.3, 0.4) is 0 Å². The molecular formula is C12H15F3N2O4. The SMILES string of the molecule is O=C(O)[C@@H]1C[C@@H](O)CN1C(=O)N1CC=C(C(F)(F)F)CC1. The molecule has 118 valence electrons. The normalized spacial score (nSPS) is 26.8. The summed E-state index contributed by atoms with van der Waals surface area (Å²) in [6, 6.07) is -1.79. The molecule has 0 unspecified atom stereocenters. The molecule has 2 heterocycles. The second kappa shape index (κ2) is 5.55. The van der Waals surface area contributed by atoms with Crippen LogP contribution in [0, 0.1) is 0 Å². The van der Waals surface area contributed by atoms with E-state index < -0.39 is 35.9 Å². The fourth-order valence-corrected chi connectivity index (χ4v) is 2.54. The van der Waals surface area contributed by atoms with Gasteiger partial charge in [-0.25, -0.2) is 9.59 Å². The molecule has 0 aromatic carbocycles. The number of likely N-dealkylation sites (tertiary alicyclic amines) is 1. The van der Waals surface area contributed by atoms with E-state index in [0.717, 1.165) is 15.9 Å². The van der Waals surface area contributed by atoms with Gasteiger partial charge in [-0.3, -0.25) is 0 Å². The molecule has 2 rings (SSSR count). The summed E-state index contributed by atoms with van der Waals surface area (Å²) in [4.78, 5) is 25.4. The highest BCUT2D eigenvalue weighted by Crippen LogP contribution is 2.30. The molecule has 1 saturated heterocycles. The smallest absolute Gasteiger partial charge is 0.412 e. The van der Waals surface area contributed by atoms with Gasteiger partial charge in [-0.2, -0.15) is 13.2 Å². The van der Waals surface area contributed by atoms with E-state index >= 15 is 0 Å². The number of nitrogens with zero attached hydrogens (tertiary/aromatic N) is 2. The number of carbonyl (C=O) groups is 2. The van der Waals surface area contributed by atoms with Crippen molar-refractivity contribution >= 4 is 12.0 Å². The summed E-state index contributed by atoms with van der Waals surface area (Å²) in [6.07, 6.45) is -4.78. The average Bonchev–Trinajstić information content (AvgIpc) is 2.79. The number of β-amino-alcohol motifs (C(OH)–C–C–N with tert-alkyl or cyclic N) is 1. The van der Waals surface area contributed by atoms with Gasteiger partial charge in [0.05, 0.1) is 6.10 Å². The summed E-state index contributed by atoms with van der Waals surface area (Å²) in [7, 11) is 0. The number of rotatable bonds is 1. The molecule has 0 saturated carbocycles. The van der Waals surface area contributed by atoms with Gasteiger partial charge in [0.25, 0.3) is 0 Å². The van der Waals surface area contributed by atoms with Crippen LogP contribution < -0.4 is 0 Å². The van der Waals surface area contributed by atoms with Crippen LogP contribution in [-0.2, 0) is 4.79 Å². The van der Waals surface area contributed by atoms with Crippen molar-refractivity contribution in [2.75, 3.05) is 19.6 Å². The molecule has 0 bridgehead atoms. The Balaban J connectivity index is 2.05. The Morgan fingerprint density at radius 2 is 2.00 bits per heavy atom. The minimum absolute atomic E-state index is 0.0709. The van der Waals surface area contributed by atoms with Crippen LogP contribution in [0.25, 0.3) is 0 Å². The monoisotopic (exact) mass is 308 g/mol. The van der Waals surface area contributed by atoms with Crippen LogP contribution in [0.15, 0.2) is 11.6 Å². The lowest BCUT2D eigenvalue weighted by molar-refractivity contribution is -0.141. The third-order valence-corrected chi connectivity index (χ3v) is 3.65. The first-order chi connectivity index (χ1) is 9.70. The molecule has 0 radical (unpaired) electrons. The Morgan fingerprint density at radius 3 is 2.48 bits per heavy atom. The Bertz CT molecular complexity index is 478. The average molecular weight is 308 g/mol. The number of hydrogen-bond donors (Lipinski definition) is 2. The summed E-state index contributed by atoms with van der Waals surface area (Å²) in [5.41, 5.74) is -0.678. The third-order valence-electron chi connectivity index (χ3n) is 3.65. The summed E-state index contributed by atoms with van der Waals surface area (Å²) in [5.74, 6) is -1.23. The van der Waals surface area contributed by atoms with Gasteiger partial charge in [0.2, 0.25) is 0 Å². The highest BCUT2D eigenvalue weighted by molar-refractivity contribution is 5.83. The minimum atomic E-state index is -4.40. The maximum Gasteiger partial charge on any atom is 0.412 e. The Kier molecular flexibility index (Phi) is 4.13. The quantitative estimate of drug-likeness (QED) is 0.703. The number of halogens is 3. The molecule has 1 fully saturated rings. The van der Waals surface area contributed by atoms with E-state index in [1.54, 1.807) is 0 Å². The Hall–Kier alpha value is -1.77. The van der Waals surface area contributed by atoms with Gasteiger partial charge in [-0.05, 0) is 6.42 Å². The molecular weight excluding hydrogens is 293 g/mol. The van der Waals surface area contributed by atoms with Gasteiger partial charge in [0.15, 0.2) is 0 Å². The predicted octanol–water partition coefficient (Wildman–Crippen LogP) is 0.821. The molecule has 6 nitrogen and oxygen atoms in total. The molecule has 2 amide bonds. The Morgan fingerprint density at radius 1 is 1.33 bits per heavy atom. The van der Waals surface area contributed by atoms with E-state index in [4.69, 9.17) is 5.11 Å². The zero-order chi connectivity index (χ0) is 15.8. The number of urea groups is 1. The highest BCUT2D eigenvalue weighted by Gasteiger charge is 2.42. The maximum absolute atomic E-state index is 12.5. The number of aliphatic hydroxyl groups is 1. The standard InChI is InChI=1S/C12H15F3N2O4/c13-12(14,15)7-1-3-16(4-2-7)11(21)17-6-8(18)5-9(17)10(19)20/h1,8-9,18H,2-6H2,(H,19,20)/t8-,9+/m1/s1. The highest BCUT2D eigenvalue weighted by atomic mass is 19.4. The van der Waals surface area contributed by atoms with Crippen LogP contribution in [-0.4, -0.2) is 70.0 Å². The first-order valence-electron chi connectivity index (χ1n) is 6.42. The summed E-state index contributed by atoms with van der Waals surface area (Å²) < 4.78 is 37.5. The molecule has 2 atom stereocenters. The lowest BCUT2D eigenvalue weighted by Gasteiger charge is -2.32. The van der Waals surface area contributed by atoms with Crippen LogP contribution in [0.5, 0.6) is 0 Å². The van der Waals surface area contributed by atoms with E-state index in [0.29, 0.717) is 0 Å². The first kappa shape index (κ1) is 15.6. The number of aliphatic carboxylic acids is 1. The molecule has 0 spiro atoms. The molecule has 0 aromatic rings. The summed E-state index contributed by atoms with van der Waals surface area (Å²) in [6.45, 7) is -0.460. The number of aliphatic hydroxyl groups excluding tert-OH is 1. The van der Waals surface area contributed by atoms with Crippen molar-refractivity contribution < 1.29 is 33.0 Å². The number of carboxylic acid groups (broad SMARTS) is 1. The van der Waals surface area contributed by atoms with Crippen LogP contribution >= 0.6 is 0 Å². The molecule has 0 aromatic heterocycles. The fraction of sp³-hybridized carbons (Fsp3) is 0.667. The Labute approximate surface area is 118 Å². The van der Waals surface area contributed by atoms with Crippen molar-refractivity contribution in [2.24, 2.45) is 0 Å². The molecule has 2 N–H and O–H groups in total. The summed E-state index contributed by atoms with van der Waals surface area (Å²) in [5, 5.41) is 18.5. The van der Waals surface area contributed by atoms with Crippen molar-refractivity contribution in [2.45, 2.75) is 31.2 Å². The number of amides is 2.